The summed E-state index contributed by atoms with van der Waals surface area (Å²) in [5, 5.41) is 7.99. The van der Waals surface area contributed by atoms with E-state index in [1.807, 2.05) is 13.8 Å². The van der Waals surface area contributed by atoms with Crippen molar-refractivity contribution in [3.05, 3.63) is 70.8 Å². The van der Waals surface area contributed by atoms with Crippen molar-refractivity contribution in [1.29, 1.82) is 0 Å². The normalized spacial score (nSPS) is 24.0. The highest BCUT2D eigenvalue weighted by Gasteiger charge is 2.47. The molecule has 0 unspecified atom stereocenters. The summed E-state index contributed by atoms with van der Waals surface area (Å²) >= 11 is 5.86. The zero-order chi connectivity index (χ0) is 20.3. The summed E-state index contributed by atoms with van der Waals surface area (Å²) in [6, 6.07) is 13.8. The molecule has 7 heteroatoms. The number of aliphatic hydroxyl groups is 1. The lowest BCUT2D eigenvalue weighted by atomic mass is 10.1. The molecule has 0 aromatic heterocycles. The minimum atomic E-state index is -1.99. The van der Waals surface area contributed by atoms with Gasteiger partial charge in [-0.2, -0.15) is 0 Å². The Kier molecular flexibility index (Phi) is 6.03. The van der Waals surface area contributed by atoms with Crippen molar-refractivity contribution in [2.24, 2.45) is 0 Å². The molecular weight excluding hydrogens is 384 g/mol. The van der Waals surface area contributed by atoms with E-state index < -0.39 is 29.4 Å². The van der Waals surface area contributed by atoms with E-state index >= 15 is 0 Å². The van der Waals surface area contributed by atoms with Gasteiger partial charge in [0.25, 0.3) is 0 Å². The molecule has 1 aliphatic heterocycles. The number of esters is 2. The molecule has 148 valence electrons. The highest BCUT2D eigenvalue weighted by atomic mass is 35.5. The number of rotatable bonds is 5. The molecule has 28 heavy (non-hydrogen) atoms. The van der Waals surface area contributed by atoms with E-state index in [2.05, 4.69) is 0 Å². The fourth-order valence-electron chi connectivity index (χ4n) is 2.82. The Labute approximate surface area is 168 Å². The zero-order valence-corrected chi connectivity index (χ0v) is 16.3. The minimum Gasteiger partial charge on any atom is -0.459 e. The van der Waals surface area contributed by atoms with Crippen LogP contribution in [0.2, 0.25) is 0 Å². The highest BCUT2D eigenvalue weighted by molar-refractivity contribution is 6.21. The third-order valence-corrected chi connectivity index (χ3v) is 4.65. The predicted octanol–water partition coefficient (Wildman–Crippen LogP) is 3.36. The van der Waals surface area contributed by atoms with E-state index in [1.54, 1.807) is 48.5 Å². The summed E-state index contributed by atoms with van der Waals surface area (Å²) < 4.78 is 16.0. The van der Waals surface area contributed by atoms with Gasteiger partial charge in [0.1, 0.15) is 18.8 Å². The Morgan fingerprint density at radius 1 is 1.04 bits per heavy atom. The monoisotopic (exact) mass is 404 g/mol. The molecule has 2 aromatic carbocycles. The lowest BCUT2D eigenvalue weighted by molar-refractivity contribution is -0.140. The van der Waals surface area contributed by atoms with E-state index in [4.69, 9.17) is 25.8 Å². The Morgan fingerprint density at radius 3 is 2.07 bits per heavy atom. The lowest BCUT2D eigenvalue weighted by Crippen LogP contribution is -2.32. The molecular formula is C21H21ClO6. The van der Waals surface area contributed by atoms with E-state index in [-0.39, 0.29) is 13.0 Å². The second kappa shape index (κ2) is 8.31. The first-order valence-electron chi connectivity index (χ1n) is 8.84. The molecule has 1 saturated heterocycles. The van der Waals surface area contributed by atoms with Gasteiger partial charge in [-0.05, 0) is 38.1 Å². The van der Waals surface area contributed by atoms with Crippen LogP contribution in [0, 0.1) is 13.8 Å². The number of hydrogen-bond acceptors (Lipinski definition) is 6. The fraction of sp³-hybridized carbons (Fsp3) is 0.333. The van der Waals surface area contributed by atoms with Crippen LogP contribution in [0.15, 0.2) is 48.5 Å². The predicted molar refractivity (Wildman–Crippen MR) is 102 cm³/mol. The number of aryl methyl sites for hydroxylation is 2. The van der Waals surface area contributed by atoms with Crippen molar-refractivity contribution in [3.63, 3.8) is 0 Å². The Balaban J connectivity index is 1.63. The first-order valence-corrected chi connectivity index (χ1v) is 9.22. The van der Waals surface area contributed by atoms with Crippen LogP contribution in [-0.4, -0.2) is 41.1 Å². The maximum Gasteiger partial charge on any atom is 0.338 e. The van der Waals surface area contributed by atoms with Crippen LogP contribution in [0.25, 0.3) is 0 Å². The summed E-state index contributed by atoms with van der Waals surface area (Å²) in [5.41, 5.74) is 2.78. The van der Waals surface area contributed by atoms with Gasteiger partial charge in [0.2, 0.25) is 5.25 Å². The number of benzene rings is 2. The van der Waals surface area contributed by atoms with E-state index in [0.717, 1.165) is 11.1 Å². The van der Waals surface area contributed by atoms with Gasteiger partial charge < -0.3 is 19.3 Å². The van der Waals surface area contributed by atoms with Crippen LogP contribution in [0.5, 0.6) is 0 Å². The minimum absolute atomic E-state index is 0.140. The number of hydrogen-bond donors (Lipinski definition) is 1. The topological polar surface area (TPSA) is 82.1 Å². The Morgan fingerprint density at radius 2 is 1.54 bits per heavy atom. The van der Waals surface area contributed by atoms with Gasteiger partial charge >= 0.3 is 11.9 Å². The summed E-state index contributed by atoms with van der Waals surface area (Å²) in [7, 11) is 0. The SMILES string of the molecule is Cc1ccc(C(=O)OC[C@@H]2O[C@](O)(Cl)C[C@H]2OC(=O)c2ccc(C)cc2)cc1. The number of alkyl halides is 1. The van der Waals surface area contributed by atoms with Crippen molar-refractivity contribution in [2.75, 3.05) is 6.61 Å². The molecule has 0 radical (unpaired) electrons. The third kappa shape index (κ3) is 5.10. The highest BCUT2D eigenvalue weighted by Crippen LogP contribution is 2.34. The van der Waals surface area contributed by atoms with Crippen LogP contribution in [0.3, 0.4) is 0 Å². The van der Waals surface area contributed by atoms with Crippen LogP contribution in [0.1, 0.15) is 38.3 Å². The van der Waals surface area contributed by atoms with Crippen molar-refractivity contribution in [3.8, 4) is 0 Å². The molecule has 1 fully saturated rings. The van der Waals surface area contributed by atoms with Gasteiger partial charge in [-0.25, -0.2) is 9.59 Å². The first kappa shape index (κ1) is 20.3. The molecule has 0 spiro atoms. The quantitative estimate of drug-likeness (QED) is 0.607. The second-order valence-corrected chi connectivity index (χ2v) is 7.41. The maximum absolute atomic E-state index is 12.3. The molecule has 0 bridgehead atoms. The largest absolute Gasteiger partial charge is 0.459 e. The van der Waals surface area contributed by atoms with Crippen molar-refractivity contribution in [2.45, 2.75) is 37.7 Å². The summed E-state index contributed by atoms with van der Waals surface area (Å²) in [4.78, 5) is 24.5. The van der Waals surface area contributed by atoms with Crippen molar-refractivity contribution < 1.29 is 28.9 Å². The molecule has 6 nitrogen and oxygen atoms in total. The zero-order valence-electron chi connectivity index (χ0n) is 15.6. The Hall–Kier alpha value is -2.41. The number of carbonyl (C=O) groups excluding carboxylic acids is 2. The number of halogens is 1. The van der Waals surface area contributed by atoms with Crippen molar-refractivity contribution in [1.82, 2.24) is 0 Å². The van der Waals surface area contributed by atoms with Gasteiger partial charge in [0, 0.05) is 0 Å². The average molecular weight is 405 g/mol. The molecule has 0 amide bonds. The molecule has 0 aliphatic carbocycles. The first-order chi connectivity index (χ1) is 13.2. The van der Waals surface area contributed by atoms with Crippen LogP contribution in [0.4, 0.5) is 0 Å². The molecule has 0 saturated carbocycles. The van der Waals surface area contributed by atoms with Gasteiger partial charge in [-0.15, -0.1) is 0 Å². The maximum atomic E-state index is 12.3. The average Bonchev–Trinajstić information content (AvgIpc) is 2.94. The molecule has 2 aromatic rings. The lowest BCUT2D eigenvalue weighted by Gasteiger charge is -2.19. The second-order valence-electron chi connectivity index (χ2n) is 6.82. The van der Waals surface area contributed by atoms with Gasteiger partial charge in [-0.3, -0.25) is 0 Å². The molecule has 1 heterocycles. The number of carbonyl (C=O) groups is 2. The summed E-state index contributed by atoms with van der Waals surface area (Å²) in [6.45, 7) is 3.61. The van der Waals surface area contributed by atoms with E-state index in [1.165, 1.54) is 0 Å². The molecule has 3 rings (SSSR count). The summed E-state index contributed by atoms with van der Waals surface area (Å²) in [5.74, 6) is -1.12. The van der Waals surface area contributed by atoms with Crippen LogP contribution < -0.4 is 0 Å². The van der Waals surface area contributed by atoms with Gasteiger partial charge in [0.05, 0.1) is 17.5 Å². The molecule has 1 aliphatic rings. The van der Waals surface area contributed by atoms with Gasteiger partial charge in [-0.1, -0.05) is 47.0 Å². The number of ether oxygens (including phenoxy) is 3. The fourth-order valence-corrected chi connectivity index (χ4v) is 3.09. The standard InChI is InChI=1S/C21H21ClO6/c1-13-3-7-15(8-4-13)19(23)26-12-18-17(11-21(22,25)28-18)27-20(24)16-9-5-14(2)6-10-16/h3-10,17-18,25H,11-12H2,1-2H3/t17-,18+,21+/m1/s1. The van der Waals surface area contributed by atoms with E-state index in [9.17, 15) is 14.7 Å². The smallest absolute Gasteiger partial charge is 0.338 e. The van der Waals surface area contributed by atoms with Crippen LogP contribution in [-0.2, 0) is 14.2 Å². The van der Waals surface area contributed by atoms with Gasteiger partial charge in [0.15, 0.2) is 0 Å². The Bertz CT molecular complexity index is 844. The molecule has 1 N–H and O–H groups in total. The van der Waals surface area contributed by atoms with Crippen LogP contribution >= 0.6 is 11.6 Å². The van der Waals surface area contributed by atoms with Crippen molar-refractivity contribution >= 4 is 23.5 Å². The summed E-state index contributed by atoms with van der Waals surface area (Å²) in [6.07, 6.45) is -1.88. The third-order valence-electron chi connectivity index (χ3n) is 4.41. The van der Waals surface area contributed by atoms with E-state index in [0.29, 0.717) is 11.1 Å². The molecule has 3 atom stereocenters.